The standard InChI is InChI=1S/C25H34N4O6/c1-4-34-25(31)19-6-5-11-29(15-19)24(30)17-9-12-28(13-10-17)16-22-26-23(27-35-22)18-7-8-20(32-2)21(14-18)33-3/h7-8,14,17,19H,4-6,9-13,15-16H2,1-3H3/t19-/m1/s1. The second-order valence-electron chi connectivity index (χ2n) is 9.01. The highest BCUT2D eigenvalue weighted by atomic mass is 16.5. The molecule has 1 aromatic heterocycles. The van der Waals surface area contributed by atoms with Gasteiger partial charge in [0.1, 0.15) is 0 Å². The number of carbonyl (C=O) groups is 2. The Kier molecular flexibility index (Phi) is 8.22. The molecule has 1 amide bonds. The Morgan fingerprint density at radius 2 is 1.83 bits per heavy atom. The first-order valence-corrected chi connectivity index (χ1v) is 12.2. The topological polar surface area (TPSA) is 107 Å². The minimum atomic E-state index is -0.204. The third-order valence-electron chi connectivity index (χ3n) is 6.76. The van der Waals surface area contributed by atoms with Crippen LogP contribution in [0.5, 0.6) is 11.5 Å². The molecule has 0 N–H and O–H groups in total. The summed E-state index contributed by atoms with van der Waals surface area (Å²) < 4.78 is 21.3. The fourth-order valence-electron chi connectivity index (χ4n) is 4.83. The number of methoxy groups -OCH3 is 2. The molecule has 0 saturated carbocycles. The Morgan fingerprint density at radius 1 is 1.06 bits per heavy atom. The van der Waals surface area contributed by atoms with Crippen LogP contribution in [0.3, 0.4) is 0 Å². The summed E-state index contributed by atoms with van der Waals surface area (Å²) in [7, 11) is 3.18. The number of amides is 1. The van der Waals surface area contributed by atoms with Crippen molar-refractivity contribution in [2.45, 2.75) is 39.2 Å². The van der Waals surface area contributed by atoms with Crippen LogP contribution in [0.2, 0.25) is 0 Å². The Labute approximate surface area is 205 Å². The van der Waals surface area contributed by atoms with Gasteiger partial charge in [0.25, 0.3) is 0 Å². The first kappa shape index (κ1) is 25.0. The third-order valence-corrected chi connectivity index (χ3v) is 6.76. The largest absolute Gasteiger partial charge is 0.493 e. The highest BCUT2D eigenvalue weighted by Gasteiger charge is 2.34. The molecule has 0 spiro atoms. The molecule has 0 aliphatic carbocycles. The van der Waals surface area contributed by atoms with Gasteiger partial charge in [-0.1, -0.05) is 5.16 Å². The maximum absolute atomic E-state index is 13.1. The molecule has 35 heavy (non-hydrogen) atoms. The van der Waals surface area contributed by atoms with Crippen LogP contribution in [0.25, 0.3) is 11.4 Å². The summed E-state index contributed by atoms with van der Waals surface area (Å²) in [5.74, 6) is 2.02. The van der Waals surface area contributed by atoms with Crippen LogP contribution < -0.4 is 9.47 Å². The lowest BCUT2D eigenvalue weighted by atomic mass is 9.92. The smallest absolute Gasteiger partial charge is 0.310 e. The molecular weight excluding hydrogens is 452 g/mol. The SMILES string of the molecule is CCOC(=O)[C@@H]1CCCN(C(=O)C2CCN(Cc3nc(-c4ccc(OC)c(OC)c4)no3)CC2)C1. The predicted octanol–water partition coefficient (Wildman–Crippen LogP) is 2.77. The van der Waals surface area contributed by atoms with E-state index >= 15 is 0 Å². The van der Waals surface area contributed by atoms with E-state index in [0.717, 1.165) is 50.9 Å². The lowest BCUT2D eigenvalue weighted by Gasteiger charge is -2.37. The number of nitrogens with zero attached hydrogens (tertiary/aromatic N) is 4. The Hall–Kier alpha value is -3.14. The summed E-state index contributed by atoms with van der Waals surface area (Å²) in [4.78, 5) is 33.8. The van der Waals surface area contributed by atoms with Gasteiger partial charge in [0.2, 0.25) is 17.6 Å². The Morgan fingerprint density at radius 3 is 2.54 bits per heavy atom. The predicted molar refractivity (Wildman–Crippen MR) is 127 cm³/mol. The molecule has 3 heterocycles. The van der Waals surface area contributed by atoms with E-state index in [1.54, 1.807) is 14.2 Å². The molecule has 0 radical (unpaired) electrons. The van der Waals surface area contributed by atoms with E-state index in [1.165, 1.54) is 0 Å². The number of carbonyl (C=O) groups excluding carboxylic acids is 2. The van der Waals surface area contributed by atoms with Gasteiger partial charge in [-0.2, -0.15) is 4.98 Å². The molecule has 10 heteroatoms. The number of rotatable bonds is 8. The van der Waals surface area contributed by atoms with Crippen molar-refractivity contribution in [1.82, 2.24) is 19.9 Å². The van der Waals surface area contributed by atoms with Gasteiger partial charge in [-0.15, -0.1) is 0 Å². The summed E-state index contributed by atoms with van der Waals surface area (Å²) in [6.07, 6.45) is 3.18. The maximum atomic E-state index is 13.1. The van der Waals surface area contributed by atoms with Gasteiger partial charge in [-0.05, 0) is 63.9 Å². The second-order valence-corrected chi connectivity index (χ2v) is 9.01. The van der Waals surface area contributed by atoms with Crippen LogP contribution >= 0.6 is 0 Å². The zero-order valence-electron chi connectivity index (χ0n) is 20.7. The number of ether oxygens (including phenoxy) is 3. The van der Waals surface area contributed by atoms with Crippen molar-refractivity contribution >= 4 is 11.9 Å². The second kappa shape index (κ2) is 11.5. The maximum Gasteiger partial charge on any atom is 0.310 e. The average molecular weight is 487 g/mol. The normalized spacial score (nSPS) is 19.4. The van der Waals surface area contributed by atoms with E-state index in [-0.39, 0.29) is 23.7 Å². The van der Waals surface area contributed by atoms with Crippen molar-refractivity contribution < 1.29 is 28.3 Å². The van der Waals surface area contributed by atoms with Crippen molar-refractivity contribution in [3.8, 4) is 22.9 Å². The quantitative estimate of drug-likeness (QED) is 0.521. The van der Waals surface area contributed by atoms with Gasteiger partial charge in [0, 0.05) is 24.6 Å². The summed E-state index contributed by atoms with van der Waals surface area (Å²) in [6, 6.07) is 5.49. The van der Waals surface area contributed by atoms with Gasteiger partial charge in [0.15, 0.2) is 11.5 Å². The zero-order chi connectivity index (χ0) is 24.8. The van der Waals surface area contributed by atoms with Crippen molar-refractivity contribution in [1.29, 1.82) is 0 Å². The minimum Gasteiger partial charge on any atom is -0.493 e. The Balaban J connectivity index is 1.29. The summed E-state index contributed by atoms with van der Waals surface area (Å²) in [6.45, 7) is 5.46. The molecule has 2 saturated heterocycles. The summed E-state index contributed by atoms with van der Waals surface area (Å²) in [5.41, 5.74) is 0.782. The first-order chi connectivity index (χ1) is 17.0. The zero-order valence-corrected chi connectivity index (χ0v) is 20.7. The molecule has 10 nitrogen and oxygen atoms in total. The van der Waals surface area contributed by atoms with Crippen molar-refractivity contribution in [2.75, 3.05) is 47.0 Å². The molecule has 2 aliphatic heterocycles. The molecule has 190 valence electrons. The van der Waals surface area contributed by atoms with Crippen LogP contribution in [0.1, 0.15) is 38.5 Å². The number of likely N-dealkylation sites (tertiary alicyclic amines) is 2. The number of hydrogen-bond donors (Lipinski definition) is 0. The lowest BCUT2D eigenvalue weighted by Crippen LogP contribution is -2.47. The van der Waals surface area contributed by atoms with Crippen LogP contribution in [0, 0.1) is 11.8 Å². The highest BCUT2D eigenvalue weighted by Crippen LogP contribution is 2.31. The van der Waals surface area contributed by atoms with E-state index in [4.69, 9.17) is 18.7 Å². The van der Waals surface area contributed by atoms with E-state index in [1.807, 2.05) is 30.0 Å². The lowest BCUT2D eigenvalue weighted by molar-refractivity contribution is -0.152. The molecule has 0 bridgehead atoms. The number of hydrogen-bond acceptors (Lipinski definition) is 9. The summed E-state index contributed by atoms with van der Waals surface area (Å²) >= 11 is 0. The molecule has 1 aromatic carbocycles. The molecule has 4 rings (SSSR count). The van der Waals surface area contributed by atoms with E-state index in [9.17, 15) is 9.59 Å². The number of esters is 1. The Bertz CT molecular complexity index is 1020. The third kappa shape index (κ3) is 5.93. The molecule has 1 atom stereocenters. The van der Waals surface area contributed by atoms with Gasteiger partial charge in [0.05, 0.1) is 33.3 Å². The monoisotopic (exact) mass is 486 g/mol. The molecule has 0 unspecified atom stereocenters. The fourth-order valence-corrected chi connectivity index (χ4v) is 4.83. The van der Waals surface area contributed by atoms with Crippen molar-refractivity contribution in [3.05, 3.63) is 24.1 Å². The highest BCUT2D eigenvalue weighted by molar-refractivity contribution is 5.80. The fraction of sp³-hybridized carbons (Fsp3) is 0.600. The number of piperidine rings is 2. The van der Waals surface area contributed by atoms with Crippen molar-refractivity contribution in [2.24, 2.45) is 11.8 Å². The van der Waals surface area contributed by atoms with Gasteiger partial charge < -0.3 is 23.6 Å². The van der Waals surface area contributed by atoms with Crippen molar-refractivity contribution in [3.63, 3.8) is 0 Å². The van der Waals surface area contributed by atoms with Crippen LogP contribution in [-0.2, 0) is 20.9 Å². The molecule has 2 aliphatic rings. The van der Waals surface area contributed by atoms with Gasteiger partial charge in [-0.25, -0.2) is 0 Å². The number of benzene rings is 1. The van der Waals surface area contributed by atoms with Gasteiger partial charge >= 0.3 is 5.97 Å². The van der Waals surface area contributed by atoms with Crippen LogP contribution in [0.4, 0.5) is 0 Å². The molecule has 2 aromatic rings. The van der Waals surface area contributed by atoms with Crippen LogP contribution in [0.15, 0.2) is 22.7 Å². The molecular formula is C25H34N4O6. The summed E-state index contributed by atoms with van der Waals surface area (Å²) in [5, 5.41) is 4.11. The average Bonchev–Trinajstić information content (AvgIpc) is 3.37. The van der Waals surface area contributed by atoms with E-state index in [0.29, 0.717) is 42.9 Å². The number of aromatic nitrogens is 2. The minimum absolute atomic E-state index is 0.0165. The molecule has 2 fully saturated rings. The van der Waals surface area contributed by atoms with E-state index < -0.39 is 0 Å². The first-order valence-electron chi connectivity index (χ1n) is 12.2. The van der Waals surface area contributed by atoms with Gasteiger partial charge in [-0.3, -0.25) is 14.5 Å². The van der Waals surface area contributed by atoms with E-state index in [2.05, 4.69) is 15.0 Å². The van der Waals surface area contributed by atoms with Crippen LogP contribution in [-0.4, -0.2) is 78.8 Å².